The Morgan fingerprint density at radius 3 is 2.65 bits per heavy atom. The van der Waals surface area contributed by atoms with E-state index in [9.17, 15) is 4.79 Å². The van der Waals surface area contributed by atoms with E-state index in [0.29, 0.717) is 6.42 Å². The summed E-state index contributed by atoms with van der Waals surface area (Å²) in [6, 6.07) is 10.5. The maximum absolute atomic E-state index is 12.0. The maximum atomic E-state index is 12.0. The summed E-state index contributed by atoms with van der Waals surface area (Å²) in [5.74, 6) is 0.256. The molecule has 3 nitrogen and oxygen atoms in total. The second kappa shape index (κ2) is 5.32. The van der Waals surface area contributed by atoms with Gasteiger partial charge in [-0.1, -0.05) is 37.3 Å². The zero-order valence-corrected chi connectivity index (χ0v) is 10.6. The Bertz CT molecular complexity index is 377. The lowest BCUT2D eigenvalue weighted by molar-refractivity contribution is -0.135. The van der Waals surface area contributed by atoms with Crippen molar-refractivity contribution in [2.75, 3.05) is 26.7 Å². The second-order valence-corrected chi connectivity index (χ2v) is 4.63. The molecule has 1 aliphatic heterocycles. The molecule has 1 amide bonds. The number of rotatable bonds is 2. The molecular weight excluding hydrogens is 212 g/mol. The predicted octanol–water partition coefficient (Wildman–Crippen LogP) is 1.91. The zero-order valence-electron chi connectivity index (χ0n) is 10.6. The number of hydrogen-bond donors (Lipinski definition) is 0. The number of hydrogen-bond acceptors (Lipinski definition) is 2. The molecule has 0 aliphatic carbocycles. The van der Waals surface area contributed by atoms with Crippen LogP contribution in [-0.2, 0) is 4.79 Å². The molecule has 0 aromatic heterocycles. The van der Waals surface area contributed by atoms with E-state index in [0.717, 1.165) is 19.6 Å². The summed E-state index contributed by atoms with van der Waals surface area (Å²) >= 11 is 0. The first-order valence-corrected chi connectivity index (χ1v) is 6.25. The quantitative estimate of drug-likeness (QED) is 0.777. The molecule has 1 unspecified atom stereocenters. The van der Waals surface area contributed by atoms with E-state index < -0.39 is 0 Å². The van der Waals surface area contributed by atoms with Gasteiger partial charge in [0, 0.05) is 26.1 Å². The van der Waals surface area contributed by atoms with Crippen molar-refractivity contribution >= 4 is 5.91 Å². The second-order valence-electron chi connectivity index (χ2n) is 4.63. The Hall–Kier alpha value is -1.35. The molecule has 1 heterocycles. The first-order valence-electron chi connectivity index (χ1n) is 6.25. The van der Waals surface area contributed by atoms with Crippen molar-refractivity contribution in [3.05, 3.63) is 35.9 Å². The highest BCUT2D eigenvalue weighted by molar-refractivity contribution is 5.76. The average Bonchev–Trinajstić information content (AvgIpc) is 2.39. The number of benzene rings is 1. The predicted molar refractivity (Wildman–Crippen MR) is 68.7 cm³/mol. The van der Waals surface area contributed by atoms with E-state index in [2.05, 4.69) is 24.1 Å². The Balaban J connectivity index is 2.23. The van der Waals surface area contributed by atoms with Crippen molar-refractivity contribution in [2.24, 2.45) is 0 Å². The van der Waals surface area contributed by atoms with Crippen molar-refractivity contribution in [3.8, 4) is 0 Å². The first-order chi connectivity index (χ1) is 8.22. The molecule has 1 saturated heterocycles. The normalized spacial score (nSPS) is 21.5. The number of nitrogens with zero attached hydrogens (tertiary/aromatic N) is 2. The monoisotopic (exact) mass is 232 g/mol. The van der Waals surface area contributed by atoms with Crippen LogP contribution in [0.1, 0.15) is 24.9 Å². The smallest absolute Gasteiger partial charge is 0.222 e. The van der Waals surface area contributed by atoms with Crippen LogP contribution in [0, 0.1) is 0 Å². The summed E-state index contributed by atoms with van der Waals surface area (Å²) < 4.78 is 0. The van der Waals surface area contributed by atoms with E-state index in [4.69, 9.17) is 0 Å². The third-order valence-electron chi connectivity index (χ3n) is 3.39. The van der Waals surface area contributed by atoms with Crippen LogP contribution in [-0.4, -0.2) is 42.4 Å². The van der Waals surface area contributed by atoms with Crippen molar-refractivity contribution in [1.82, 2.24) is 9.80 Å². The fourth-order valence-corrected chi connectivity index (χ4v) is 2.38. The van der Waals surface area contributed by atoms with E-state index >= 15 is 0 Å². The van der Waals surface area contributed by atoms with Crippen molar-refractivity contribution in [1.29, 1.82) is 0 Å². The molecule has 1 fully saturated rings. The summed E-state index contributed by atoms with van der Waals surface area (Å²) in [6.45, 7) is 4.66. The topological polar surface area (TPSA) is 23.6 Å². The summed E-state index contributed by atoms with van der Waals surface area (Å²) in [5.41, 5.74) is 1.24. The van der Waals surface area contributed by atoms with E-state index in [-0.39, 0.29) is 11.9 Å². The molecule has 3 heteroatoms. The third-order valence-corrected chi connectivity index (χ3v) is 3.39. The zero-order chi connectivity index (χ0) is 12.3. The Morgan fingerprint density at radius 1 is 1.29 bits per heavy atom. The van der Waals surface area contributed by atoms with Crippen LogP contribution in [0.25, 0.3) is 0 Å². The number of piperazine rings is 1. The van der Waals surface area contributed by atoms with E-state index in [1.54, 1.807) is 0 Å². The number of amides is 1. The maximum Gasteiger partial charge on any atom is 0.222 e. The van der Waals surface area contributed by atoms with Crippen LogP contribution < -0.4 is 0 Å². The van der Waals surface area contributed by atoms with Crippen LogP contribution in [0.5, 0.6) is 0 Å². The molecular formula is C14H20N2O. The summed E-state index contributed by atoms with van der Waals surface area (Å²) in [4.78, 5) is 16.3. The van der Waals surface area contributed by atoms with Gasteiger partial charge in [-0.25, -0.2) is 0 Å². The highest BCUT2D eigenvalue weighted by atomic mass is 16.2. The lowest BCUT2D eigenvalue weighted by Crippen LogP contribution is -2.49. The molecule has 2 rings (SSSR count). The van der Waals surface area contributed by atoms with Crippen LogP contribution in [0.2, 0.25) is 0 Å². The Labute approximate surface area is 103 Å². The molecule has 0 radical (unpaired) electrons. The van der Waals surface area contributed by atoms with Gasteiger partial charge in [0.25, 0.3) is 0 Å². The van der Waals surface area contributed by atoms with Crippen LogP contribution in [0.4, 0.5) is 0 Å². The molecule has 17 heavy (non-hydrogen) atoms. The SMILES string of the molecule is CCC(=O)N1CCN(C)CC1c1ccccc1. The molecule has 1 aliphatic rings. The molecule has 0 saturated carbocycles. The van der Waals surface area contributed by atoms with Crippen molar-refractivity contribution in [2.45, 2.75) is 19.4 Å². The van der Waals surface area contributed by atoms with Gasteiger partial charge >= 0.3 is 0 Å². The van der Waals surface area contributed by atoms with Gasteiger partial charge in [0.05, 0.1) is 6.04 Å². The third kappa shape index (κ3) is 2.67. The van der Waals surface area contributed by atoms with E-state index in [1.807, 2.05) is 30.0 Å². The summed E-state index contributed by atoms with van der Waals surface area (Å²) in [5, 5.41) is 0. The highest BCUT2D eigenvalue weighted by Crippen LogP contribution is 2.25. The van der Waals surface area contributed by atoms with Crippen molar-refractivity contribution < 1.29 is 4.79 Å². The van der Waals surface area contributed by atoms with Crippen LogP contribution >= 0.6 is 0 Å². The minimum atomic E-state index is 0.211. The first kappa shape index (κ1) is 12.1. The summed E-state index contributed by atoms with van der Waals surface area (Å²) in [7, 11) is 2.11. The van der Waals surface area contributed by atoms with Gasteiger partial charge in [-0.15, -0.1) is 0 Å². The van der Waals surface area contributed by atoms with Crippen LogP contribution in [0.3, 0.4) is 0 Å². The molecule has 0 bridgehead atoms. The number of carbonyl (C=O) groups is 1. The summed E-state index contributed by atoms with van der Waals surface area (Å²) in [6.07, 6.45) is 0.590. The molecule has 1 aromatic carbocycles. The fraction of sp³-hybridized carbons (Fsp3) is 0.500. The average molecular weight is 232 g/mol. The highest BCUT2D eigenvalue weighted by Gasteiger charge is 2.28. The van der Waals surface area contributed by atoms with Gasteiger partial charge in [-0.05, 0) is 12.6 Å². The number of likely N-dealkylation sites (N-methyl/N-ethyl adjacent to an activating group) is 1. The lowest BCUT2D eigenvalue weighted by Gasteiger charge is -2.40. The fourth-order valence-electron chi connectivity index (χ4n) is 2.38. The Morgan fingerprint density at radius 2 is 2.00 bits per heavy atom. The molecule has 1 atom stereocenters. The van der Waals surface area contributed by atoms with Gasteiger partial charge < -0.3 is 9.80 Å². The Kier molecular flexibility index (Phi) is 3.79. The van der Waals surface area contributed by atoms with Gasteiger partial charge in [-0.2, -0.15) is 0 Å². The van der Waals surface area contributed by atoms with Crippen molar-refractivity contribution in [3.63, 3.8) is 0 Å². The van der Waals surface area contributed by atoms with Crippen LogP contribution in [0.15, 0.2) is 30.3 Å². The van der Waals surface area contributed by atoms with E-state index in [1.165, 1.54) is 5.56 Å². The molecule has 92 valence electrons. The minimum Gasteiger partial charge on any atom is -0.333 e. The number of carbonyl (C=O) groups excluding carboxylic acids is 1. The molecule has 0 spiro atoms. The minimum absolute atomic E-state index is 0.211. The van der Waals surface area contributed by atoms with Gasteiger partial charge in [0.1, 0.15) is 0 Å². The molecule has 0 N–H and O–H groups in total. The lowest BCUT2D eigenvalue weighted by atomic mass is 10.0. The largest absolute Gasteiger partial charge is 0.333 e. The van der Waals surface area contributed by atoms with Gasteiger partial charge in [0.15, 0.2) is 0 Å². The van der Waals surface area contributed by atoms with Gasteiger partial charge in [-0.3, -0.25) is 4.79 Å². The standard InChI is InChI=1S/C14H20N2O/c1-3-14(17)16-10-9-15(2)11-13(16)12-7-5-4-6-8-12/h4-8,13H,3,9-11H2,1-2H3. The van der Waals surface area contributed by atoms with Gasteiger partial charge in [0.2, 0.25) is 5.91 Å². The molecule has 1 aromatic rings.